The van der Waals surface area contributed by atoms with Gasteiger partial charge in [-0.15, -0.1) is 0 Å². The Morgan fingerprint density at radius 3 is 2.58 bits per heavy atom. The van der Waals surface area contributed by atoms with Gasteiger partial charge < -0.3 is 9.84 Å². The summed E-state index contributed by atoms with van der Waals surface area (Å²) in [5.74, 6) is -0.188. The molecule has 8 heteroatoms. The third kappa shape index (κ3) is 6.82. The summed E-state index contributed by atoms with van der Waals surface area (Å²) in [7, 11) is 0. The lowest BCUT2D eigenvalue weighted by molar-refractivity contribution is -0.137. The van der Waals surface area contributed by atoms with E-state index in [4.69, 9.17) is 33.7 Å². The second-order valence-corrected chi connectivity index (χ2v) is 9.07. The molecule has 1 aliphatic rings. The predicted molar refractivity (Wildman–Crippen MR) is 128 cm³/mol. The second kappa shape index (κ2) is 11.3. The molecule has 0 unspecified atom stereocenters. The second-order valence-electron chi connectivity index (χ2n) is 6.99. The van der Waals surface area contributed by atoms with Crippen LogP contribution in [0.2, 0.25) is 5.02 Å². The van der Waals surface area contributed by atoms with Gasteiger partial charge in [0.1, 0.15) is 16.7 Å². The van der Waals surface area contributed by atoms with Crippen LogP contribution in [0.15, 0.2) is 53.4 Å². The first-order valence-electron chi connectivity index (χ1n) is 9.87. The van der Waals surface area contributed by atoms with Crippen LogP contribution >= 0.6 is 35.6 Å². The largest absolute Gasteiger partial charge is 0.489 e. The van der Waals surface area contributed by atoms with E-state index >= 15 is 0 Å². The summed E-state index contributed by atoms with van der Waals surface area (Å²) in [5.41, 5.74) is 1.80. The Labute approximate surface area is 196 Å². The molecule has 0 atom stereocenters. The monoisotopic (exact) mass is 475 g/mol. The first-order valence-corrected chi connectivity index (χ1v) is 11.5. The van der Waals surface area contributed by atoms with Crippen LogP contribution in [0.1, 0.15) is 36.8 Å². The van der Waals surface area contributed by atoms with Crippen LogP contribution in [0.5, 0.6) is 5.75 Å². The highest BCUT2D eigenvalue weighted by atomic mass is 35.5. The van der Waals surface area contributed by atoms with Gasteiger partial charge in [0.25, 0.3) is 5.91 Å². The Bertz CT molecular complexity index is 991. The Balaban J connectivity index is 1.54. The summed E-state index contributed by atoms with van der Waals surface area (Å²) in [5, 5.41) is 9.35. The van der Waals surface area contributed by atoms with E-state index in [0.717, 1.165) is 24.0 Å². The predicted octanol–water partition coefficient (Wildman–Crippen LogP) is 5.77. The van der Waals surface area contributed by atoms with Crippen molar-refractivity contribution in [1.29, 1.82) is 0 Å². The number of carbonyl (C=O) groups excluding carboxylic acids is 1. The lowest BCUT2D eigenvalue weighted by atomic mass is 10.2. The quantitative estimate of drug-likeness (QED) is 0.267. The molecule has 5 nitrogen and oxygen atoms in total. The number of amides is 1. The highest BCUT2D eigenvalue weighted by Gasteiger charge is 2.31. The van der Waals surface area contributed by atoms with Crippen LogP contribution < -0.4 is 4.74 Å². The fourth-order valence-electron chi connectivity index (χ4n) is 3.00. The van der Waals surface area contributed by atoms with Crippen LogP contribution in [0.25, 0.3) is 6.08 Å². The molecular weight excluding hydrogens is 454 g/mol. The van der Waals surface area contributed by atoms with E-state index in [1.165, 1.54) is 11.8 Å². The van der Waals surface area contributed by atoms with Crippen molar-refractivity contribution in [3.63, 3.8) is 0 Å². The number of benzene rings is 2. The van der Waals surface area contributed by atoms with Gasteiger partial charge in [0.05, 0.1) is 4.91 Å². The summed E-state index contributed by atoms with van der Waals surface area (Å²) in [4.78, 5) is 25.4. The number of halogens is 1. The fraction of sp³-hybridized carbons (Fsp3) is 0.261. The SMILES string of the molecule is O=C(O)CCCCCN1C(=O)/C(=C\c2ccc(OCc3ccccc3Cl)cc2)SC1=S. The molecule has 31 heavy (non-hydrogen) atoms. The molecule has 0 aliphatic carbocycles. The maximum Gasteiger partial charge on any atom is 0.303 e. The molecule has 1 aliphatic heterocycles. The van der Waals surface area contributed by atoms with Crippen LogP contribution in [-0.4, -0.2) is 32.7 Å². The summed E-state index contributed by atoms with van der Waals surface area (Å²) in [6.07, 6.45) is 4.05. The first-order chi connectivity index (χ1) is 14.9. The van der Waals surface area contributed by atoms with E-state index in [2.05, 4.69) is 0 Å². The van der Waals surface area contributed by atoms with Crippen molar-refractivity contribution in [3.05, 3.63) is 69.6 Å². The molecule has 1 fully saturated rings. The number of carboxylic acids is 1. The van der Waals surface area contributed by atoms with Crippen molar-refractivity contribution in [1.82, 2.24) is 4.90 Å². The van der Waals surface area contributed by atoms with Gasteiger partial charge in [-0.3, -0.25) is 14.5 Å². The van der Waals surface area contributed by atoms with E-state index in [0.29, 0.717) is 39.6 Å². The number of thiocarbonyl (C=S) groups is 1. The number of hydrogen-bond acceptors (Lipinski definition) is 5. The molecule has 3 rings (SSSR count). The molecule has 0 bridgehead atoms. The van der Waals surface area contributed by atoms with Crippen molar-refractivity contribution in [2.45, 2.75) is 32.3 Å². The van der Waals surface area contributed by atoms with E-state index in [1.54, 1.807) is 4.90 Å². The zero-order valence-electron chi connectivity index (χ0n) is 16.8. The lowest BCUT2D eigenvalue weighted by Crippen LogP contribution is -2.29. The van der Waals surface area contributed by atoms with Gasteiger partial charge >= 0.3 is 5.97 Å². The number of unbranched alkanes of at least 4 members (excludes halogenated alkanes) is 2. The Kier molecular flexibility index (Phi) is 8.51. The number of carboxylic acid groups (broad SMARTS) is 1. The van der Waals surface area contributed by atoms with Crippen LogP contribution in [0.4, 0.5) is 0 Å². The molecular formula is C23H22ClNO4S2. The van der Waals surface area contributed by atoms with Crippen molar-refractivity contribution in [2.75, 3.05) is 6.54 Å². The van der Waals surface area contributed by atoms with Crippen LogP contribution in [0, 0.1) is 0 Å². The van der Waals surface area contributed by atoms with Crippen LogP contribution in [0.3, 0.4) is 0 Å². The van der Waals surface area contributed by atoms with Crippen molar-refractivity contribution in [2.24, 2.45) is 0 Å². The lowest BCUT2D eigenvalue weighted by Gasteiger charge is -2.13. The molecule has 1 N–H and O–H groups in total. The number of ether oxygens (including phenoxy) is 1. The Hall–Kier alpha value is -2.35. The number of hydrogen-bond donors (Lipinski definition) is 1. The average molecular weight is 476 g/mol. The van der Waals surface area contributed by atoms with Gasteiger partial charge in [0.15, 0.2) is 0 Å². The number of nitrogens with zero attached hydrogens (tertiary/aromatic N) is 1. The summed E-state index contributed by atoms with van der Waals surface area (Å²) < 4.78 is 6.33. The number of carbonyl (C=O) groups is 2. The molecule has 1 heterocycles. The van der Waals surface area contributed by atoms with Gasteiger partial charge in [-0.2, -0.15) is 0 Å². The van der Waals surface area contributed by atoms with Crippen molar-refractivity contribution in [3.8, 4) is 5.75 Å². The Morgan fingerprint density at radius 1 is 1.13 bits per heavy atom. The standard InChI is InChI=1S/C23H22ClNO4S2/c24-19-7-4-3-6-17(19)15-29-18-11-9-16(10-12-18)14-20-22(28)25(23(30)31-20)13-5-1-2-8-21(26)27/h3-4,6-7,9-12,14H,1-2,5,8,13,15H2,(H,26,27)/b20-14+. The Morgan fingerprint density at radius 2 is 1.87 bits per heavy atom. The minimum Gasteiger partial charge on any atom is -0.489 e. The summed E-state index contributed by atoms with van der Waals surface area (Å²) in [6, 6.07) is 15.0. The van der Waals surface area contributed by atoms with E-state index in [-0.39, 0.29) is 12.3 Å². The van der Waals surface area contributed by atoms with Crippen molar-refractivity contribution < 1.29 is 19.4 Å². The topological polar surface area (TPSA) is 66.8 Å². The zero-order chi connectivity index (χ0) is 22.2. The summed E-state index contributed by atoms with van der Waals surface area (Å²) >= 11 is 12.8. The highest BCUT2D eigenvalue weighted by Crippen LogP contribution is 2.33. The third-order valence-corrected chi connectivity index (χ3v) is 6.42. The summed E-state index contributed by atoms with van der Waals surface area (Å²) in [6.45, 7) is 0.889. The molecule has 0 spiro atoms. The number of thioether (sulfide) groups is 1. The minimum absolute atomic E-state index is 0.104. The van der Waals surface area contributed by atoms with Gasteiger partial charge in [0.2, 0.25) is 0 Å². The molecule has 162 valence electrons. The first kappa shape index (κ1) is 23.3. The van der Waals surface area contributed by atoms with Gasteiger partial charge in [-0.1, -0.05) is 72.3 Å². The number of rotatable bonds is 10. The van der Waals surface area contributed by atoms with Crippen LogP contribution in [-0.2, 0) is 16.2 Å². The molecule has 0 saturated carbocycles. The molecule has 1 amide bonds. The third-order valence-electron chi connectivity index (χ3n) is 4.68. The molecule has 0 aromatic heterocycles. The normalized spacial score (nSPS) is 15.0. The maximum absolute atomic E-state index is 12.7. The maximum atomic E-state index is 12.7. The average Bonchev–Trinajstić information content (AvgIpc) is 3.01. The van der Waals surface area contributed by atoms with Crippen molar-refractivity contribution >= 4 is 57.9 Å². The molecule has 0 radical (unpaired) electrons. The zero-order valence-corrected chi connectivity index (χ0v) is 19.1. The molecule has 1 saturated heterocycles. The molecule has 2 aromatic carbocycles. The van der Waals surface area contributed by atoms with E-state index in [1.807, 2.05) is 54.6 Å². The highest BCUT2D eigenvalue weighted by molar-refractivity contribution is 8.26. The van der Waals surface area contributed by atoms with E-state index < -0.39 is 5.97 Å². The minimum atomic E-state index is -0.797. The van der Waals surface area contributed by atoms with Gasteiger partial charge in [-0.05, 0) is 42.7 Å². The smallest absolute Gasteiger partial charge is 0.303 e. The van der Waals surface area contributed by atoms with E-state index in [9.17, 15) is 9.59 Å². The van der Waals surface area contributed by atoms with Gasteiger partial charge in [0, 0.05) is 23.6 Å². The van der Waals surface area contributed by atoms with Gasteiger partial charge in [-0.25, -0.2) is 0 Å². The number of aliphatic carboxylic acids is 1. The fourth-order valence-corrected chi connectivity index (χ4v) is 4.50. The molecule has 2 aromatic rings.